The highest BCUT2D eigenvalue weighted by molar-refractivity contribution is 5.79. The lowest BCUT2D eigenvalue weighted by atomic mass is 9.80. The van der Waals surface area contributed by atoms with Crippen LogP contribution in [0.1, 0.15) is 51.9 Å². The molecule has 0 aromatic carbocycles. The maximum atomic E-state index is 11.8. The Bertz CT molecular complexity index is 390. The fourth-order valence-corrected chi connectivity index (χ4v) is 2.75. The van der Waals surface area contributed by atoms with Crippen LogP contribution in [0.15, 0.2) is 0 Å². The van der Waals surface area contributed by atoms with Gasteiger partial charge in [-0.05, 0) is 19.8 Å². The molecule has 3 amide bonds. The van der Waals surface area contributed by atoms with Crippen LogP contribution in [0.3, 0.4) is 0 Å². The second-order valence-electron chi connectivity index (χ2n) is 5.90. The molecule has 7 heteroatoms. The van der Waals surface area contributed by atoms with Gasteiger partial charge < -0.3 is 21.5 Å². The van der Waals surface area contributed by atoms with Crippen molar-refractivity contribution in [2.24, 2.45) is 11.1 Å². The third-order valence-corrected chi connectivity index (χ3v) is 3.99. The van der Waals surface area contributed by atoms with Gasteiger partial charge in [-0.3, -0.25) is 9.59 Å². The summed E-state index contributed by atoms with van der Waals surface area (Å²) in [6.45, 7) is 1.78. The van der Waals surface area contributed by atoms with E-state index in [0.29, 0.717) is 12.8 Å². The maximum absolute atomic E-state index is 11.8. The number of hydrogen-bond acceptors (Lipinski definition) is 3. The molecule has 5 N–H and O–H groups in total. The highest BCUT2D eigenvalue weighted by Crippen LogP contribution is 2.34. The zero-order valence-electron chi connectivity index (χ0n) is 12.5. The standard InChI is InChI=1S/C14H25N3O4/c1-10(8-11(15)18)17-13(21)16-9-14(12(19)20)6-4-2-3-5-7-14/h10H,2-9H2,1H3,(H2,15,18)(H,19,20)(H2,16,17,21). The van der Waals surface area contributed by atoms with E-state index in [4.69, 9.17) is 5.73 Å². The Morgan fingerprint density at radius 1 is 1.19 bits per heavy atom. The highest BCUT2D eigenvalue weighted by Gasteiger charge is 2.38. The monoisotopic (exact) mass is 299 g/mol. The Balaban J connectivity index is 2.51. The highest BCUT2D eigenvalue weighted by atomic mass is 16.4. The Kier molecular flexibility index (Phi) is 6.45. The molecule has 1 unspecified atom stereocenters. The van der Waals surface area contributed by atoms with Crippen LogP contribution in [0.2, 0.25) is 0 Å². The maximum Gasteiger partial charge on any atom is 0.315 e. The normalized spacial score (nSPS) is 19.1. The molecule has 0 bridgehead atoms. The number of carbonyl (C=O) groups is 3. The lowest BCUT2D eigenvalue weighted by Gasteiger charge is -2.28. The number of nitrogens with two attached hydrogens (primary N) is 1. The summed E-state index contributed by atoms with van der Waals surface area (Å²) in [6, 6.07) is -0.842. The fourth-order valence-electron chi connectivity index (χ4n) is 2.75. The van der Waals surface area contributed by atoms with Crippen molar-refractivity contribution < 1.29 is 19.5 Å². The molecule has 1 aliphatic rings. The number of urea groups is 1. The summed E-state index contributed by atoms with van der Waals surface area (Å²) in [7, 11) is 0. The average Bonchev–Trinajstić information content (AvgIpc) is 2.61. The Morgan fingerprint density at radius 2 is 1.76 bits per heavy atom. The molecule has 1 fully saturated rings. The van der Waals surface area contributed by atoms with E-state index in [1.807, 2.05) is 0 Å². The number of carboxylic acid groups (broad SMARTS) is 1. The van der Waals surface area contributed by atoms with Crippen LogP contribution >= 0.6 is 0 Å². The number of carboxylic acids is 1. The Hall–Kier alpha value is -1.79. The number of carbonyl (C=O) groups excluding carboxylic acids is 2. The van der Waals surface area contributed by atoms with Crippen LogP contribution in [-0.2, 0) is 9.59 Å². The Labute approximate surface area is 124 Å². The van der Waals surface area contributed by atoms with Crippen molar-refractivity contribution in [1.82, 2.24) is 10.6 Å². The predicted molar refractivity (Wildman–Crippen MR) is 77.6 cm³/mol. The lowest BCUT2D eigenvalue weighted by molar-refractivity contribution is -0.149. The first kappa shape index (κ1) is 17.3. The van der Waals surface area contributed by atoms with Crippen molar-refractivity contribution in [2.75, 3.05) is 6.54 Å². The van der Waals surface area contributed by atoms with Gasteiger partial charge in [-0.2, -0.15) is 0 Å². The smallest absolute Gasteiger partial charge is 0.315 e. The number of aliphatic carboxylic acids is 1. The minimum atomic E-state index is -0.874. The first-order valence-corrected chi connectivity index (χ1v) is 7.42. The summed E-state index contributed by atoms with van der Waals surface area (Å²) < 4.78 is 0. The third kappa shape index (κ3) is 5.61. The molecular formula is C14H25N3O4. The van der Waals surface area contributed by atoms with Gasteiger partial charge in [0.2, 0.25) is 5.91 Å². The second kappa shape index (κ2) is 7.85. The third-order valence-electron chi connectivity index (χ3n) is 3.99. The van der Waals surface area contributed by atoms with Crippen molar-refractivity contribution in [2.45, 2.75) is 57.9 Å². The van der Waals surface area contributed by atoms with E-state index >= 15 is 0 Å². The van der Waals surface area contributed by atoms with Crippen molar-refractivity contribution in [3.05, 3.63) is 0 Å². The van der Waals surface area contributed by atoms with E-state index in [-0.39, 0.29) is 19.0 Å². The van der Waals surface area contributed by atoms with Crippen molar-refractivity contribution >= 4 is 17.9 Å². The van der Waals surface area contributed by atoms with Crippen molar-refractivity contribution in [1.29, 1.82) is 0 Å². The van der Waals surface area contributed by atoms with E-state index in [1.54, 1.807) is 6.92 Å². The molecule has 1 atom stereocenters. The van der Waals surface area contributed by atoms with Crippen LogP contribution in [0.25, 0.3) is 0 Å². The molecular weight excluding hydrogens is 274 g/mol. The van der Waals surface area contributed by atoms with Crippen LogP contribution < -0.4 is 16.4 Å². The summed E-state index contributed by atoms with van der Waals surface area (Å²) in [5.74, 6) is -1.34. The molecule has 21 heavy (non-hydrogen) atoms. The molecule has 1 rings (SSSR count). The van der Waals surface area contributed by atoms with Crippen molar-refractivity contribution in [3.63, 3.8) is 0 Å². The van der Waals surface area contributed by atoms with Gasteiger partial charge in [-0.25, -0.2) is 4.79 Å². The number of nitrogens with one attached hydrogen (secondary N) is 2. The quantitative estimate of drug-likeness (QED) is 0.546. The Morgan fingerprint density at radius 3 is 2.24 bits per heavy atom. The summed E-state index contributed by atoms with van der Waals surface area (Å²) in [5, 5.41) is 14.7. The van der Waals surface area contributed by atoms with E-state index in [1.165, 1.54) is 0 Å². The summed E-state index contributed by atoms with van der Waals surface area (Å²) in [6.07, 6.45) is 5.03. The van der Waals surface area contributed by atoms with Gasteiger partial charge in [-0.1, -0.05) is 25.7 Å². The SMILES string of the molecule is CC(CC(N)=O)NC(=O)NCC1(C(=O)O)CCCCCC1. The van der Waals surface area contributed by atoms with E-state index in [9.17, 15) is 19.5 Å². The summed E-state index contributed by atoms with van der Waals surface area (Å²) in [4.78, 5) is 34.1. The minimum Gasteiger partial charge on any atom is -0.481 e. The number of amides is 3. The molecule has 7 nitrogen and oxygen atoms in total. The van der Waals surface area contributed by atoms with Crippen LogP contribution in [-0.4, -0.2) is 35.6 Å². The number of primary amides is 1. The predicted octanol–water partition coefficient (Wildman–Crippen LogP) is 0.975. The molecule has 0 aliphatic heterocycles. The van der Waals surface area contributed by atoms with Gasteiger partial charge in [0.05, 0.1) is 5.41 Å². The molecule has 0 saturated heterocycles. The molecule has 120 valence electrons. The largest absolute Gasteiger partial charge is 0.481 e. The van der Waals surface area contributed by atoms with E-state index in [0.717, 1.165) is 25.7 Å². The first-order valence-electron chi connectivity index (χ1n) is 7.42. The van der Waals surface area contributed by atoms with E-state index < -0.39 is 23.3 Å². The topological polar surface area (TPSA) is 122 Å². The zero-order valence-corrected chi connectivity index (χ0v) is 12.5. The summed E-state index contributed by atoms with van der Waals surface area (Å²) in [5.41, 5.74) is 4.18. The van der Waals surface area contributed by atoms with Crippen molar-refractivity contribution in [3.8, 4) is 0 Å². The second-order valence-corrected chi connectivity index (χ2v) is 5.90. The molecule has 0 aromatic rings. The lowest BCUT2D eigenvalue weighted by Crippen LogP contribution is -2.48. The molecule has 0 aromatic heterocycles. The van der Waals surface area contributed by atoms with E-state index in [2.05, 4.69) is 10.6 Å². The molecule has 1 saturated carbocycles. The van der Waals surface area contributed by atoms with Crippen LogP contribution in [0, 0.1) is 5.41 Å². The molecule has 0 radical (unpaired) electrons. The van der Waals surface area contributed by atoms with Crippen LogP contribution in [0.4, 0.5) is 4.79 Å². The zero-order chi connectivity index (χ0) is 15.9. The fraction of sp³-hybridized carbons (Fsp3) is 0.786. The average molecular weight is 299 g/mol. The van der Waals surface area contributed by atoms with Gasteiger partial charge in [0.25, 0.3) is 0 Å². The van der Waals surface area contributed by atoms with Gasteiger partial charge in [0.15, 0.2) is 0 Å². The number of hydrogen-bond donors (Lipinski definition) is 4. The number of rotatable bonds is 6. The summed E-state index contributed by atoms with van der Waals surface area (Å²) >= 11 is 0. The van der Waals surface area contributed by atoms with Gasteiger partial charge in [0, 0.05) is 19.0 Å². The van der Waals surface area contributed by atoms with Gasteiger partial charge >= 0.3 is 12.0 Å². The molecule has 0 spiro atoms. The molecule has 1 aliphatic carbocycles. The van der Waals surface area contributed by atoms with Gasteiger partial charge in [0.1, 0.15) is 0 Å². The van der Waals surface area contributed by atoms with Crippen LogP contribution in [0.5, 0.6) is 0 Å². The van der Waals surface area contributed by atoms with Gasteiger partial charge in [-0.15, -0.1) is 0 Å². The minimum absolute atomic E-state index is 0.0531. The molecule has 0 heterocycles. The first-order chi connectivity index (χ1) is 9.85.